The van der Waals surface area contributed by atoms with E-state index in [1.807, 2.05) is 7.05 Å². The second kappa shape index (κ2) is 5.46. The zero-order valence-electron chi connectivity index (χ0n) is 9.19. The van der Waals surface area contributed by atoms with Crippen molar-refractivity contribution in [3.05, 3.63) is 33.9 Å². The van der Waals surface area contributed by atoms with Crippen molar-refractivity contribution in [1.82, 2.24) is 19.7 Å². The highest BCUT2D eigenvalue weighted by Crippen LogP contribution is 2.22. The van der Waals surface area contributed by atoms with Crippen molar-refractivity contribution in [1.29, 1.82) is 0 Å². The third-order valence-corrected chi connectivity index (χ3v) is 2.82. The molecular weight excluding hydrogens is 306 g/mol. The molecule has 0 unspecified atom stereocenters. The summed E-state index contributed by atoms with van der Waals surface area (Å²) < 4.78 is 2.54. The molecule has 0 amide bonds. The Morgan fingerprint density at radius 3 is 2.94 bits per heavy atom. The summed E-state index contributed by atoms with van der Waals surface area (Å²) >= 11 is 9.33. The number of aryl methyl sites for hydroxylation is 1. The molecule has 90 valence electrons. The molecule has 0 fully saturated rings. The topological polar surface area (TPSA) is 55.6 Å². The molecule has 0 aliphatic rings. The largest absolute Gasteiger partial charge is 0.368 e. The molecule has 0 saturated carbocycles. The Kier molecular flexibility index (Phi) is 3.96. The van der Waals surface area contributed by atoms with E-state index in [0.29, 0.717) is 17.4 Å². The maximum Gasteiger partial charge on any atom is 0.152 e. The lowest BCUT2D eigenvalue weighted by atomic mass is 10.4. The lowest BCUT2D eigenvalue weighted by Crippen LogP contribution is -2.08. The van der Waals surface area contributed by atoms with Crippen LogP contribution in [0.25, 0.3) is 0 Å². The number of hydrogen-bond donors (Lipinski definition) is 1. The molecule has 2 rings (SSSR count). The summed E-state index contributed by atoms with van der Waals surface area (Å²) in [5.74, 6) is 1.47. The summed E-state index contributed by atoms with van der Waals surface area (Å²) in [6.07, 6.45) is 4.11. The van der Waals surface area contributed by atoms with E-state index < -0.39 is 0 Å². The minimum absolute atomic E-state index is 0.591. The molecule has 0 atom stereocenters. The minimum atomic E-state index is 0.591. The van der Waals surface area contributed by atoms with Gasteiger partial charge in [0.15, 0.2) is 5.82 Å². The molecule has 2 aromatic rings. The van der Waals surface area contributed by atoms with E-state index in [0.717, 1.165) is 16.7 Å². The van der Waals surface area contributed by atoms with Crippen molar-refractivity contribution in [2.24, 2.45) is 7.05 Å². The van der Waals surface area contributed by atoms with Gasteiger partial charge in [0.2, 0.25) is 0 Å². The van der Waals surface area contributed by atoms with Crippen molar-refractivity contribution in [2.75, 3.05) is 11.9 Å². The van der Waals surface area contributed by atoms with Crippen molar-refractivity contribution >= 4 is 33.3 Å². The van der Waals surface area contributed by atoms with Gasteiger partial charge < -0.3 is 5.32 Å². The maximum absolute atomic E-state index is 6.03. The van der Waals surface area contributed by atoms with Gasteiger partial charge in [0.05, 0.1) is 5.02 Å². The van der Waals surface area contributed by atoms with Gasteiger partial charge in [-0.1, -0.05) is 11.6 Å². The molecule has 17 heavy (non-hydrogen) atoms. The van der Waals surface area contributed by atoms with Crippen LogP contribution in [-0.2, 0) is 13.5 Å². The van der Waals surface area contributed by atoms with E-state index in [9.17, 15) is 0 Å². The van der Waals surface area contributed by atoms with Crippen LogP contribution in [0.3, 0.4) is 0 Å². The molecule has 7 heteroatoms. The molecule has 0 radical (unpaired) electrons. The third-order valence-electron chi connectivity index (χ3n) is 2.10. The molecule has 5 nitrogen and oxygen atoms in total. The number of rotatable bonds is 4. The first-order valence-electron chi connectivity index (χ1n) is 5.04. The van der Waals surface area contributed by atoms with Gasteiger partial charge in [-0.3, -0.25) is 4.68 Å². The quantitative estimate of drug-likeness (QED) is 0.940. The SMILES string of the molecule is Cn1cnc(CCNc2ncc(Br)cc2Cl)n1. The van der Waals surface area contributed by atoms with Crippen LogP contribution < -0.4 is 5.32 Å². The molecule has 2 heterocycles. The maximum atomic E-state index is 6.03. The van der Waals surface area contributed by atoms with Crippen LogP contribution >= 0.6 is 27.5 Å². The Hall–Kier alpha value is -1.14. The summed E-state index contributed by atoms with van der Waals surface area (Å²) in [4.78, 5) is 8.31. The lowest BCUT2D eigenvalue weighted by Gasteiger charge is -2.05. The fourth-order valence-corrected chi connectivity index (χ4v) is 2.03. The average Bonchev–Trinajstić information content (AvgIpc) is 2.68. The average molecular weight is 317 g/mol. The standard InChI is InChI=1S/C10H11BrClN5/c1-17-6-15-9(16-17)2-3-13-10-8(12)4-7(11)5-14-10/h4-6H,2-3H2,1H3,(H,13,14). The first-order chi connectivity index (χ1) is 8.15. The van der Waals surface area contributed by atoms with E-state index in [4.69, 9.17) is 11.6 Å². The number of nitrogens with zero attached hydrogens (tertiary/aromatic N) is 4. The number of halogens is 2. The molecule has 0 saturated heterocycles. The van der Waals surface area contributed by atoms with Gasteiger partial charge in [-0.15, -0.1) is 0 Å². The van der Waals surface area contributed by atoms with Gasteiger partial charge in [0.1, 0.15) is 12.1 Å². The molecule has 0 spiro atoms. The predicted molar refractivity (Wildman–Crippen MR) is 70.1 cm³/mol. The van der Waals surface area contributed by atoms with Gasteiger partial charge in [-0.2, -0.15) is 5.10 Å². The number of hydrogen-bond acceptors (Lipinski definition) is 4. The zero-order chi connectivity index (χ0) is 12.3. The van der Waals surface area contributed by atoms with Gasteiger partial charge in [-0.25, -0.2) is 9.97 Å². The Labute approximate surface area is 112 Å². The van der Waals surface area contributed by atoms with Crippen LogP contribution in [0.15, 0.2) is 23.1 Å². The van der Waals surface area contributed by atoms with Crippen molar-refractivity contribution < 1.29 is 0 Å². The van der Waals surface area contributed by atoms with E-state index in [1.165, 1.54) is 0 Å². The molecule has 0 aliphatic heterocycles. The van der Waals surface area contributed by atoms with Gasteiger partial charge in [0, 0.05) is 30.7 Å². The van der Waals surface area contributed by atoms with Crippen molar-refractivity contribution in [3.63, 3.8) is 0 Å². The number of nitrogens with one attached hydrogen (secondary N) is 1. The van der Waals surface area contributed by atoms with E-state index in [2.05, 4.69) is 36.3 Å². The van der Waals surface area contributed by atoms with Gasteiger partial charge >= 0.3 is 0 Å². The van der Waals surface area contributed by atoms with Crippen LogP contribution in [0.1, 0.15) is 5.82 Å². The van der Waals surface area contributed by atoms with E-state index in [-0.39, 0.29) is 0 Å². The summed E-state index contributed by atoms with van der Waals surface area (Å²) in [6.45, 7) is 0.693. The Morgan fingerprint density at radius 1 is 1.47 bits per heavy atom. The molecular formula is C10H11BrClN5. The third kappa shape index (κ3) is 3.41. The molecule has 0 aliphatic carbocycles. The molecule has 0 bridgehead atoms. The van der Waals surface area contributed by atoms with Crippen LogP contribution in [0.4, 0.5) is 5.82 Å². The second-order valence-corrected chi connectivity index (χ2v) is 4.82. The first-order valence-corrected chi connectivity index (χ1v) is 6.21. The zero-order valence-corrected chi connectivity index (χ0v) is 11.5. The van der Waals surface area contributed by atoms with Gasteiger partial charge in [-0.05, 0) is 22.0 Å². The fraction of sp³-hybridized carbons (Fsp3) is 0.300. The summed E-state index contributed by atoms with van der Waals surface area (Å²) in [7, 11) is 1.84. The Morgan fingerprint density at radius 2 is 2.29 bits per heavy atom. The number of pyridine rings is 1. The molecule has 1 N–H and O–H groups in total. The summed E-state index contributed by atoms with van der Waals surface area (Å²) in [5.41, 5.74) is 0. The smallest absolute Gasteiger partial charge is 0.152 e. The van der Waals surface area contributed by atoms with E-state index in [1.54, 1.807) is 23.3 Å². The highest BCUT2D eigenvalue weighted by molar-refractivity contribution is 9.10. The Balaban J connectivity index is 1.90. The van der Waals surface area contributed by atoms with Crippen molar-refractivity contribution in [2.45, 2.75) is 6.42 Å². The van der Waals surface area contributed by atoms with Crippen LogP contribution in [-0.4, -0.2) is 26.3 Å². The second-order valence-electron chi connectivity index (χ2n) is 3.50. The summed E-state index contributed by atoms with van der Waals surface area (Å²) in [6, 6.07) is 1.80. The van der Waals surface area contributed by atoms with Gasteiger partial charge in [0.25, 0.3) is 0 Å². The highest BCUT2D eigenvalue weighted by Gasteiger charge is 2.03. The summed E-state index contributed by atoms with van der Waals surface area (Å²) in [5, 5.41) is 7.92. The van der Waals surface area contributed by atoms with Crippen LogP contribution in [0, 0.1) is 0 Å². The molecule has 2 aromatic heterocycles. The highest BCUT2D eigenvalue weighted by atomic mass is 79.9. The molecule has 0 aromatic carbocycles. The first kappa shape index (κ1) is 12.3. The Bertz CT molecular complexity index is 513. The van der Waals surface area contributed by atoms with Crippen molar-refractivity contribution in [3.8, 4) is 0 Å². The number of anilines is 1. The van der Waals surface area contributed by atoms with E-state index >= 15 is 0 Å². The monoisotopic (exact) mass is 315 g/mol. The predicted octanol–water partition coefficient (Wildman–Crippen LogP) is 2.28. The number of aromatic nitrogens is 4. The van der Waals surface area contributed by atoms with Crippen LogP contribution in [0.2, 0.25) is 5.02 Å². The normalized spacial score (nSPS) is 10.5. The minimum Gasteiger partial charge on any atom is -0.368 e. The fourth-order valence-electron chi connectivity index (χ4n) is 1.34. The lowest BCUT2D eigenvalue weighted by molar-refractivity contribution is 0.742. The van der Waals surface area contributed by atoms with Crippen LogP contribution in [0.5, 0.6) is 0 Å².